The Morgan fingerprint density at radius 3 is 1.23 bits per heavy atom. The third kappa shape index (κ3) is 507. The zero-order chi connectivity index (χ0) is 8.28. The molecule has 0 saturated carbocycles. The number of carbonyl (C=O) groups is 2. The fourth-order valence-electron chi connectivity index (χ4n) is 0. The van der Waals surface area contributed by atoms with Crippen LogP contribution in [-0.4, -0.2) is 27.3 Å². The molecule has 13 heavy (non-hydrogen) atoms. The Bertz CT molecular complexity index is 65.8. The standard InChI is InChI=1S/C2H4O2.CH2O.2Na.H2O2S.H2O.Zn/c1-2(3)4;1-2;;;1-3-2;;/h1H3,(H,3,4);1H2;;;1-2H;1H2;/q;;2*+1;;;+2/p-4. The van der Waals surface area contributed by atoms with Gasteiger partial charge in [0.15, 0.2) is 0 Å². The number of aliphatic carboxylic acids is 1. The molecule has 0 atom stereocenters. The quantitative estimate of drug-likeness (QED) is 0.318. The molecule has 0 radical (unpaired) electrons. The Morgan fingerprint density at radius 2 is 1.23 bits per heavy atom. The Labute approximate surface area is 138 Å². The molecule has 0 bridgehead atoms. The molecular formula is C3H6Na2O6SZn. The summed E-state index contributed by atoms with van der Waals surface area (Å²) >= 11 is -0.750. The van der Waals surface area contributed by atoms with Gasteiger partial charge in [-0.1, -0.05) is 0 Å². The van der Waals surface area contributed by atoms with Crippen LogP contribution in [0.3, 0.4) is 0 Å². The summed E-state index contributed by atoms with van der Waals surface area (Å²) < 4.78 is 16.6. The molecule has 6 nitrogen and oxygen atoms in total. The van der Waals surface area contributed by atoms with Crippen LogP contribution in [0.1, 0.15) is 6.92 Å². The van der Waals surface area contributed by atoms with E-state index in [9.17, 15) is 0 Å². The number of hydrogen-bond acceptors (Lipinski definition) is 7. The number of carbonyl (C=O) groups excluding carboxylic acids is 2. The first kappa shape index (κ1) is 45.9. The molecule has 0 fully saturated rings. The molecule has 0 amide bonds. The number of hydrogen-bond donors (Lipinski definition) is 0. The second-order valence-corrected chi connectivity index (χ2v) is 0.696. The van der Waals surface area contributed by atoms with E-state index >= 15 is 0 Å². The molecule has 0 saturated heterocycles. The van der Waals surface area contributed by atoms with Crippen molar-refractivity contribution in [3.05, 3.63) is 0 Å². The van der Waals surface area contributed by atoms with Crippen molar-refractivity contribution in [1.82, 2.24) is 0 Å². The zero-order valence-corrected chi connectivity index (χ0v) is 15.6. The maximum absolute atomic E-state index is 8.89. The topological polar surface area (TPSA) is 133 Å². The van der Waals surface area contributed by atoms with Gasteiger partial charge < -0.3 is 41.6 Å². The van der Waals surface area contributed by atoms with Gasteiger partial charge in [0.05, 0.1) is 0 Å². The van der Waals surface area contributed by atoms with Crippen molar-refractivity contribution in [1.29, 1.82) is 0 Å². The van der Waals surface area contributed by atoms with Crippen LogP contribution in [0.4, 0.5) is 0 Å². The van der Waals surface area contributed by atoms with Crippen LogP contribution < -0.4 is 64.2 Å². The molecule has 0 aliphatic rings. The minimum atomic E-state index is -1.08. The van der Waals surface area contributed by atoms with Gasteiger partial charge in [0.1, 0.15) is 6.79 Å². The van der Waals surface area contributed by atoms with Crippen molar-refractivity contribution >= 4 is 25.1 Å². The van der Waals surface area contributed by atoms with Crippen LogP contribution in [-0.2, 0) is 29.1 Å². The Balaban J connectivity index is -0.00000000749. The number of rotatable bonds is 0. The number of carboxylic acid groups (broad SMARTS) is 1. The summed E-state index contributed by atoms with van der Waals surface area (Å²) in [5.41, 5.74) is 0. The molecular weight excluding hydrogens is 275 g/mol. The summed E-state index contributed by atoms with van der Waals surface area (Å²) in [6, 6.07) is 0. The van der Waals surface area contributed by atoms with E-state index in [1.165, 1.54) is 0 Å². The first-order valence-corrected chi connectivity index (χ1v) is 2.20. The normalized spacial score (nSPS) is 3.62. The summed E-state index contributed by atoms with van der Waals surface area (Å²) in [6.07, 6.45) is 0. The maximum Gasteiger partial charge on any atom is 2.00 e. The van der Waals surface area contributed by atoms with Gasteiger partial charge in [0, 0.05) is 5.97 Å². The third-order valence-corrected chi connectivity index (χ3v) is 0. The van der Waals surface area contributed by atoms with Gasteiger partial charge in [0.25, 0.3) is 0 Å². The van der Waals surface area contributed by atoms with Crippen LogP contribution in [0.25, 0.3) is 0 Å². The van der Waals surface area contributed by atoms with Crippen LogP contribution in [0.5, 0.6) is 0 Å². The van der Waals surface area contributed by atoms with E-state index in [4.69, 9.17) is 23.8 Å². The van der Waals surface area contributed by atoms with E-state index in [0.717, 1.165) is 6.92 Å². The summed E-state index contributed by atoms with van der Waals surface area (Å²) in [4.78, 5) is 16.9. The smallest absolute Gasteiger partial charge is 0.870 e. The average molecular weight is 282 g/mol. The van der Waals surface area contributed by atoms with Crippen molar-refractivity contribution in [2.45, 2.75) is 6.92 Å². The van der Waals surface area contributed by atoms with E-state index in [1.807, 2.05) is 6.79 Å². The van der Waals surface area contributed by atoms with Crippen molar-refractivity contribution in [3.63, 3.8) is 0 Å². The molecule has 0 rings (SSSR count). The van der Waals surface area contributed by atoms with Crippen molar-refractivity contribution in [2.24, 2.45) is 0 Å². The van der Waals surface area contributed by atoms with Crippen LogP contribution in [0.2, 0.25) is 0 Å². The van der Waals surface area contributed by atoms with E-state index in [2.05, 4.69) is 0 Å². The fraction of sp³-hybridized carbons (Fsp3) is 0.333. The fourth-order valence-corrected chi connectivity index (χ4v) is 0. The van der Waals surface area contributed by atoms with Gasteiger partial charge in [-0.05, 0) is 6.92 Å². The first-order chi connectivity index (χ1) is 4.15. The monoisotopic (exact) mass is 280 g/mol. The summed E-state index contributed by atoms with van der Waals surface area (Å²) in [5.74, 6) is -1.08. The maximum atomic E-state index is 8.89. The molecule has 0 aliphatic carbocycles. The van der Waals surface area contributed by atoms with Gasteiger partial charge in [-0.15, -0.1) is 0 Å². The van der Waals surface area contributed by atoms with Gasteiger partial charge in [0.2, 0.25) is 0 Å². The Kier molecular flexibility index (Phi) is 232. The van der Waals surface area contributed by atoms with Crippen molar-refractivity contribution in [3.8, 4) is 0 Å². The molecule has 1 N–H and O–H groups in total. The molecule has 0 aromatic carbocycles. The van der Waals surface area contributed by atoms with Gasteiger partial charge in [-0.2, -0.15) is 0 Å². The van der Waals surface area contributed by atoms with E-state index < -0.39 is 18.3 Å². The molecule has 0 unspecified atom stereocenters. The predicted octanol–water partition coefficient (Wildman–Crippen LogP) is -7.62. The number of carboxylic acids is 1. The van der Waals surface area contributed by atoms with E-state index in [-0.39, 0.29) is 84.1 Å². The molecule has 64 valence electrons. The zero-order valence-electron chi connectivity index (χ0n) is 7.81. The molecule has 0 aromatic heterocycles. The average Bonchev–Trinajstić information content (AvgIpc) is 1.71. The van der Waals surface area contributed by atoms with Crippen molar-refractivity contribution < 1.29 is 108 Å². The van der Waals surface area contributed by atoms with Gasteiger partial charge >= 0.3 is 78.6 Å². The molecule has 0 spiro atoms. The van der Waals surface area contributed by atoms with E-state index in [1.54, 1.807) is 0 Å². The summed E-state index contributed by atoms with van der Waals surface area (Å²) in [5, 5.41) is 8.89. The first-order valence-electron chi connectivity index (χ1n) is 1.53. The van der Waals surface area contributed by atoms with Crippen molar-refractivity contribution in [2.75, 3.05) is 0 Å². The SMILES string of the molecule is C=O.CC(=O)[O-].[Na+].[Na+].[O-]S[O-].[OH-].[Zn+2]. The van der Waals surface area contributed by atoms with Crippen LogP contribution in [0.15, 0.2) is 0 Å². The summed E-state index contributed by atoms with van der Waals surface area (Å²) in [7, 11) is 0. The largest absolute Gasteiger partial charge is 2.00 e. The van der Waals surface area contributed by atoms with E-state index in [0.29, 0.717) is 0 Å². The molecule has 10 heteroatoms. The van der Waals surface area contributed by atoms with Crippen LogP contribution in [0, 0.1) is 0 Å². The Hall–Kier alpha value is 1.99. The Morgan fingerprint density at radius 1 is 1.23 bits per heavy atom. The summed E-state index contributed by atoms with van der Waals surface area (Å²) in [6.45, 7) is 2.97. The minimum Gasteiger partial charge on any atom is -0.870 e. The molecule has 0 heterocycles. The predicted molar refractivity (Wildman–Crippen MR) is 28.9 cm³/mol. The second kappa shape index (κ2) is 65.8. The molecule has 0 aromatic rings. The van der Waals surface area contributed by atoms with Gasteiger partial charge in [-0.25, -0.2) is 0 Å². The third-order valence-electron chi connectivity index (χ3n) is 0. The van der Waals surface area contributed by atoms with Gasteiger partial charge in [-0.3, -0.25) is 0 Å². The van der Waals surface area contributed by atoms with Crippen LogP contribution >= 0.6 is 12.3 Å². The minimum absolute atomic E-state index is 0. The second-order valence-electron chi connectivity index (χ2n) is 0.560. The molecule has 0 aliphatic heterocycles.